The molecular weight excluding hydrogens is 372 g/mol. The second kappa shape index (κ2) is 8.04. The fourth-order valence-corrected chi connectivity index (χ4v) is 6.80. The van der Waals surface area contributed by atoms with Crippen molar-refractivity contribution in [1.29, 1.82) is 0 Å². The summed E-state index contributed by atoms with van der Waals surface area (Å²) in [7, 11) is 3.64. The maximum absolute atomic E-state index is 4.64. The molecule has 2 nitrogen and oxygen atoms in total. The lowest BCUT2D eigenvalue weighted by atomic mass is 10.2. The van der Waals surface area contributed by atoms with Gasteiger partial charge >= 0.3 is 0 Å². The van der Waals surface area contributed by atoms with E-state index in [2.05, 4.69) is 58.5 Å². The fraction of sp³-hybridized carbons (Fsp3) is 0.222. The number of thioether (sulfide) groups is 2. The Kier molecular flexibility index (Phi) is 5.57. The first kappa shape index (κ1) is 16.6. The van der Waals surface area contributed by atoms with Crippen LogP contribution in [0.3, 0.4) is 0 Å². The van der Waals surface area contributed by atoms with E-state index >= 15 is 0 Å². The van der Waals surface area contributed by atoms with Gasteiger partial charge in [-0.3, -0.25) is 9.98 Å². The van der Waals surface area contributed by atoms with Gasteiger partial charge in [-0.25, -0.2) is 0 Å². The minimum Gasteiger partial charge on any atom is -0.277 e. The fourth-order valence-electron chi connectivity index (χ4n) is 2.52. The molecule has 0 aromatic heterocycles. The van der Waals surface area contributed by atoms with Crippen molar-refractivity contribution >= 4 is 55.2 Å². The summed E-state index contributed by atoms with van der Waals surface area (Å²) in [6.07, 6.45) is 0. The van der Waals surface area contributed by atoms with E-state index in [4.69, 9.17) is 0 Å². The van der Waals surface area contributed by atoms with Crippen molar-refractivity contribution in [2.24, 2.45) is 9.98 Å². The Morgan fingerprint density at radius 2 is 1.12 bits per heavy atom. The monoisotopic (exact) mass is 388 g/mol. The van der Waals surface area contributed by atoms with E-state index in [0.29, 0.717) is 0 Å². The van der Waals surface area contributed by atoms with Gasteiger partial charge in [0.15, 0.2) is 0 Å². The van der Waals surface area contributed by atoms with Crippen molar-refractivity contribution in [3.8, 4) is 0 Å². The third-order valence-electron chi connectivity index (χ3n) is 3.63. The molecule has 0 saturated carbocycles. The maximum atomic E-state index is 4.64. The SMILES string of the molecule is c1ccc(C2=NCCS2)c(SSc2ccccc2C2=NCCS2)c1. The topological polar surface area (TPSA) is 24.7 Å². The Morgan fingerprint density at radius 3 is 1.54 bits per heavy atom. The predicted octanol–water partition coefficient (Wildman–Crippen LogP) is 5.47. The van der Waals surface area contributed by atoms with E-state index < -0.39 is 0 Å². The quantitative estimate of drug-likeness (QED) is 0.634. The van der Waals surface area contributed by atoms with Crippen LogP contribution in [0.25, 0.3) is 0 Å². The van der Waals surface area contributed by atoms with Crippen molar-refractivity contribution in [3.05, 3.63) is 59.7 Å². The summed E-state index contributed by atoms with van der Waals surface area (Å²) in [5, 5.41) is 2.37. The van der Waals surface area contributed by atoms with Crippen molar-refractivity contribution in [2.75, 3.05) is 24.6 Å². The number of benzene rings is 2. The van der Waals surface area contributed by atoms with Gasteiger partial charge in [0.2, 0.25) is 0 Å². The van der Waals surface area contributed by atoms with Crippen LogP contribution in [0.15, 0.2) is 68.3 Å². The van der Waals surface area contributed by atoms with Gasteiger partial charge in [-0.05, 0) is 12.1 Å². The van der Waals surface area contributed by atoms with Gasteiger partial charge in [0, 0.05) is 45.5 Å². The van der Waals surface area contributed by atoms with Gasteiger partial charge in [0.25, 0.3) is 0 Å². The average Bonchev–Trinajstić information content (AvgIpc) is 3.34. The van der Waals surface area contributed by atoms with Crippen molar-refractivity contribution in [2.45, 2.75) is 9.79 Å². The van der Waals surface area contributed by atoms with Gasteiger partial charge in [0.05, 0.1) is 10.1 Å². The van der Waals surface area contributed by atoms with Gasteiger partial charge in [-0.2, -0.15) is 0 Å². The predicted molar refractivity (Wildman–Crippen MR) is 112 cm³/mol. The molecule has 4 rings (SSSR count). The summed E-state index contributed by atoms with van der Waals surface area (Å²) in [4.78, 5) is 11.8. The zero-order chi connectivity index (χ0) is 16.2. The highest BCUT2D eigenvalue weighted by Gasteiger charge is 2.17. The Morgan fingerprint density at radius 1 is 0.667 bits per heavy atom. The molecule has 6 heteroatoms. The number of rotatable bonds is 5. The van der Waals surface area contributed by atoms with Crippen LogP contribution < -0.4 is 0 Å². The summed E-state index contributed by atoms with van der Waals surface area (Å²) >= 11 is 3.72. The first-order valence-electron chi connectivity index (χ1n) is 7.79. The third-order valence-corrected chi connectivity index (χ3v) is 8.13. The van der Waals surface area contributed by atoms with Gasteiger partial charge in [-0.15, -0.1) is 23.5 Å². The number of hydrogen-bond acceptors (Lipinski definition) is 6. The van der Waals surface area contributed by atoms with Crippen LogP contribution in [0.2, 0.25) is 0 Å². The molecular formula is C18H16N2S4. The molecule has 0 spiro atoms. The van der Waals surface area contributed by atoms with Crippen LogP contribution >= 0.6 is 45.1 Å². The molecule has 0 aliphatic carbocycles. The number of nitrogens with zero attached hydrogens (tertiary/aromatic N) is 2. The normalized spacial score (nSPS) is 17.0. The summed E-state index contributed by atoms with van der Waals surface area (Å²) in [5.74, 6) is 2.20. The van der Waals surface area contributed by atoms with Crippen molar-refractivity contribution < 1.29 is 0 Å². The Balaban J connectivity index is 1.56. The minimum absolute atomic E-state index is 0.937. The molecule has 24 heavy (non-hydrogen) atoms. The lowest BCUT2D eigenvalue weighted by molar-refractivity contribution is 1.17. The molecule has 2 heterocycles. The average molecular weight is 389 g/mol. The molecule has 122 valence electrons. The molecule has 2 aliphatic heterocycles. The largest absolute Gasteiger partial charge is 0.277 e. The Bertz CT molecular complexity index is 734. The van der Waals surface area contributed by atoms with E-state index in [1.807, 2.05) is 45.1 Å². The Hall–Kier alpha value is -0.820. The van der Waals surface area contributed by atoms with E-state index in [1.165, 1.54) is 31.0 Å². The van der Waals surface area contributed by atoms with Crippen LogP contribution in [0.4, 0.5) is 0 Å². The maximum Gasteiger partial charge on any atom is 0.0989 e. The summed E-state index contributed by atoms with van der Waals surface area (Å²) in [5.41, 5.74) is 2.53. The molecule has 0 fully saturated rings. The molecule has 2 aromatic rings. The molecule has 0 unspecified atom stereocenters. The number of hydrogen-bond donors (Lipinski definition) is 0. The zero-order valence-electron chi connectivity index (χ0n) is 13.0. The van der Waals surface area contributed by atoms with Gasteiger partial charge < -0.3 is 0 Å². The summed E-state index contributed by atoms with van der Waals surface area (Å²) in [6.45, 7) is 1.87. The highest BCUT2D eigenvalue weighted by molar-refractivity contribution is 8.76. The van der Waals surface area contributed by atoms with E-state index in [1.54, 1.807) is 0 Å². The molecule has 0 bridgehead atoms. The summed E-state index contributed by atoms with van der Waals surface area (Å²) in [6, 6.07) is 17.2. The minimum atomic E-state index is 0.937. The van der Waals surface area contributed by atoms with Crippen molar-refractivity contribution in [3.63, 3.8) is 0 Å². The van der Waals surface area contributed by atoms with Crippen LogP contribution in [-0.4, -0.2) is 34.7 Å². The first-order chi connectivity index (χ1) is 11.9. The second-order valence-corrected chi connectivity index (χ2v) is 9.61. The van der Waals surface area contributed by atoms with Crippen LogP contribution in [0.5, 0.6) is 0 Å². The van der Waals surface area contributed by atoms with Crippen LogP contribution in [-0.2, 0) is 0 Å². The van der Waals surface area contributed by atoms with Crippen molar-refractivity contribution in [1.82, 2.24) is 0 Å². The lowest BCUT2D eigenvalue weighted by Crippen LogP contribution is -1.95. The molecule has 0 radical (unpaired) electrons. The smallest absolute Gasteiger partial charge is 0.0989 e. The van der Waals surface area contributed by atoms with Crippen LogP contribution in [0, 0.1) is 0 Å². The lowest BCUT2D eigenvalue weighted by Gasteiger charge is -2.10. The first-order valence-corrected chi connectivity index (χ1v) is 11.9. The second-order valence-electron chi connectivity index (χ2n) is 5.23. The zero-order valence-corrected chi connectivity index (χ0v) is 16.2. The van der Waals surface area contributed by atoms with Gasteiger partial charge in [0.1, 0.15) is 0 Å². The molecule has 0 amide bonds. The van der Waals surface area contributed by atoms with Gasteiger partial charge in [-0.1, -0.05) is 58.0 Å². The Labute approximate surface area is 158 Å². The van der Waals surface area contributed by atoms with E-state index in [0.717, 1.165) is 24.6 Å². The van der Waals surface area contributed by atoms with Crippen LogP contribution in [0.1, 0.15) is 11.1 Å². The molecule has 2 aliphatic rings. The number of aliphatic imine (C=N–C) groups is 2. The standard InChI is InChI=1S/C18H16N2S4/c1-3-7-15(13(5-1)17-19-9-11-21-17)23-24-16-8-4-2-6-14(16)18-20-10-12-22-18/h1-8H,9-12H2. The highest BCUT2D eigenvalue weighted by Crippen LogP contribution is 2.42. The third kappa shape index (κ3) is 3.72. The molecule has 2 aromatic carbocycles. The molecule has 0 atom stereocenters. The highest BCUT2D eigenvalue weighted by atomic mass is 33.1. The molecule has 0 N–H and O–H groups in total. The molecule has 0 saturated heterocycles. The summed E-state index contributed by atoms with van der Waals surface area (Å²) < 4.78 is 0. The van der Waals surface area contributed by atoms with E-state index in [9.17, 15) is 0 Å². The van der Waals surface area contributed by atoms with E-state index in [-0.39, 0.29) is 0 Å².